The zero-order valence-electron chi connectivity index (χ0n) is 21.6. The first-order valence-electron chi connectivity index (χ1n) is 12.2. The van der Waals surface area contributed by atoms with Crippen LogP contribution >= 0.6 is 0 Å². The number of ether oxygens (including phenoxy) is 2. The quantitative estimate of drug-likeness (QED) is 0.283. The standard InChI is InChI=1S/C30H33NO6/c1-5-18-36-24-16-10-22(11-17-24)29(35)37-25-14-6-20(7-15-25)19-26(28(33)34)31-27(32)21-8-12-23(13-9-21)30(2,3)4/h6-17,26H,5,18-19H2,1-4H3,(H,31,32)(H,33,34). The van der Waals surface area contributed by atoms with Gasteiger partial charge in [-0.25, -0.2) is 9.59 Å². The molecule has 0 aliphatic heterocycles. The van der Waals surface area contributed by atoms with Crippen LogP contribution in [0.3, 0.4) is 0 Å². The highest BCUT2D eigenvalue weighted by molar-refractivity contribution is 5.96. The fourth-order valence-electron chi connectivity index (χ4n) is 3.57. The first-order chi connectivity index (χ1) is 17.6. The van der Waals surface area contributed by atoms with Crippen LogP contribution in [0.1, 0.15) is 66.0 Å². The van der Waals surface area contributed by atoms with Gasteiger partial charge in [-0.15, -0.1) is 0 Å². The summed E-state index contributed by atoms with van der Waals surface area (Å²) >= 11 is 0. The maximum Gasteiger partial charge on any atom is 0.343 e. The number of amides is 1. The molecule has 7 heteroatoms. The van der Waals surface area contributed by atoms with E-state index in [1.54, 1.807) is 60.7 Å². The van der Waals surface area contributed by atoms with Gasteiger partial charge in [0.25, 0.3) is 5.91 Å². The predicted octanol–water partition coefficient (Wildman–Crippen LogP) is 5.42. The van der Waals surface area contributed by atoms with E-state index >= 15 is 0 Å². The third-order valence-electron chi connectivity index (χ3n) is 5.75. The Morgan fingerprint density at radius 3 is 1.95 bits per heavy atom. The highest BCUT2D eigenvalue weighted by atomic mass is 16.5. The monoisotopic (exact) mass is 503 g/mol. The summed E-state index contributed by atoms with van der Waals surface area (Å²) in [4.78, 5) is 36.9. The van der Waals surface area contributed by atoms with E-state index < -0.39 is 23.9 Å². The second-order valence-corrected chi connectivity index (χ2v) is 9.80. The maximum atomic E-state index is 12.7. The van der Waals surface area contributed by atoms with Gasteiger partial charge in [-0.2, -0.15) is 0 Å². The molecule has 7 nitrogen and oxygen atoms in total. The Morgan fingerprint density at radius 1 is 0.838 bits per heavy atom. The molecule has 0 aromatic heterocycles. The molecular formula is C30H33NO6. The third-order valence-corrected chi connectivity index (χ3v) is 5.75. The first kappa shape index (κ1) is 27.5. The number of carboxylic acids is 1. The van der Waals surface area contributed by atoms with E-state index in [4.69, 9.17) is 9.47 Å². The molecule has 3 aromatic rings. The van der Waals surface area contributed by atoms with Crippen molar-refractivity contribution < 1.29 is 29.0 Å². The van der Waals surface area contributed by atoms with E-state index in [0.717, 1.165) is 12.0 Å². The Bertz CT molecular complexity index is 1210. The van der Waals surface area contributed by atoms with Crippen molar-refractivity contribution in [2.45, 2.75) is 52.0 Å². The minimum Gasteiger partial charge on any atom is -0.494 e. The SMILES string of the molecule is CCCOc1ccc(C(=O)Oc2ccc(CC(NC(=O)c3ccc(C(C)(C)C)cc3)C(=O)O)cc2)cc1. The molecule has 1 atom stereocenters. The number of carboxylic acid groups (broad SMARTS) is 1. The molecule has 194 valence electrons. The normalized spacial score (nSPS) is 11.9. The molecular weight excluding hydrogens is 470 g/mol. The van der Waals surface area contributed by atoms with Crippen LogP contribution in [-0.2, 0) is 16.6 Å². The molecule has 0 heterocycles. The number of aliphatic carboxylic acids is 1. The number of esters is 1. The zero-order valence-corrected chi connectivity index (χ0v) is 21.6. The summed E-state index contributed by atoms with van der Waals surface area (Å²) in [6, 6.07) is 19.3. The molecule has 0 spiro atoms. The topological polar surface area (TPSA) is 102 Å². The summed E-state index contributed by atoms with van der Waals surface area (Å²) in [6.45, 7) is 8.86. The smallest absolute Gasteiger partial charge is 0.343 e. The Kier molecular flexibility index (Phi) is 9.06. The van der Waals surface area contributed by atoms with Crippen LogP contribution in [0.25, 0.3) is 0 Å². The van der Waals surface area contributed by atoms with Gasteiger partial charge in [-0.05, 0) is 71.5 Å². The van der Waals surface area contributed by atoms with Crippen LogP contribution in [-0.4, -0.2) is 35.6 Å². The number of hydrogen-bond donors (Lipinski definition) is 2. The molecule has 0 fully saturated rings. The highest BCUT2D eigenvalue weighted by Crippen LogP contribution is 2.22. The van der Waals surface area contributed by atoms with Crippen LogP contribution in [0.15, 0.2) is 72.8 Å². The Balaban J connectivity index is 1.59. The Morgan fingerprint density at radius 2 is 1.41 bits per heavy atom. The largest absolute Gasteiger partial charge is 0.494 e. The van der Waals surface area contributed by atoms with Crippen LogP contribution in [0, 0.1) is 0 Å². The number of hydrogen-bond acceptors (Lipinski definition) is 5. The van der Waals surface area contributed by atoms with Crippen LogP contribution in [0.5, 0.6) is 11.5 Å². The van der Waals surface area contributed by atoms with Gasteiger partial charge in [0.15, 0.2) is 0 Å². The number of carbonyl (C=O) groups excluding carboxylic acids is 2. The second-order valence-electron chi connectivity index (χ2n) is 9.80. The summed E-state index contributed by atoms with van der Waals surface area (Å²) in [6.07, 6.45) is 0.972. The van der Waals surface area contributed by atoms with Crippen molar-refractivity contribution in [2.75, 3.05) is 6.61 Å². The van der Waals surface area contributed by atoms with E-state index in [1.807, 2.05) is 19.1 Å². The van der Waals surface area contributed by atoms with Gasteiger partial charge in [0.05, 0.1) is 12.2 Å². The van der Waals surface area contributed by atoms with Crippen LogP contribution in [0.2, 0.25) is 0 Å². The number of carbonyl (C=O) groups is 3. The summed E-state index contributed by atoms with van der Waals surface area (Å²) in [5, 5.41) is 12.2. The predicted molar refractivity (Wildman–Crippen MR) is 141 cm³/mol. The number of rotatable bonds is 10. The number of nitrogens with one attached hydrogen (secondary N) is 1. The van der Waals surface area contributed by atoms with Crippen molar-refractivity contribution >= 4 is 17.8 Å². The number of benzene rings is 3. The van der Waals surface area contributed by atoms with Crippen molar-refractivity contribution in [3.05, 3.63) is 95.1 Å². The van der Waals surface area contributed by atoms with Crippen molar-refractivity contribution in [2.24, 2.45) is 0 Å². The van der Waals surface area contributed by atoms with Gasteiger partial charge < -0.3 is 19.9 Å². The maximum absolute atomic E-state index is 12.7. The highest BCUT2D eigenvalue weighted by Gasteiger charge is 2.22. The Hall–Kier alpha value is -4.13. The van der Waals surface area contributed by atoms with Crippen molar-refractivity contribution in [1.29, 1.82) is 0 Å². The van der Waals surface area contributed by atoms with E-state index in [9.17, 15) is 19.5 Å². The summed E-state index contributed by atoms with van der Waals surface area (Å²) in [7, 11) is 0. The van der Waals surface area contributed by atoms with Crippen molar-refractivity contribution in [3.8, 4) is 11.5 Å². The van der Waals surface area contributed by atoms with E-state index in [2.05, 4.69) is 26.1 Å². The summed E-state index contributed by atoms with van der Waals surface area (Å²) in [5.41, 5.74) is 2.49. The molecule has 3 aromatic carbocycles. The molecule has 0 bridgehead atoms. The molecule has 0 saturated carbocycles. The zero-order chi connectivity index (χ0) is 27.0. The van der Waals surface area contributed by atoms with Gasteiger partial charge in [0.2, 0.25) is 0 Å². The second kappa shape index (κ2) is 12.2. The van der Waals surface area contributed by atoms with Gasteiger partial charge in [-0.3, -0.25) is 4.79 Å². The molecule has 37 heavy (non-hydrogen) atoms. The van der Waals surface area contributed by atoms with Gasteiger partial charge >= 0.3 is 11.9 Å². The minimum atomic E-state index is -1.14. The fraction of sp³-hybridized carbons (Fsp3) is 0.300. The summed E-state index contributed by atoms with van der Waals surface area (Å²) < 4.78 is 10.9. The molecule has 2 N–H and O–H groups in total. The molecule has 0 saturated heterocycles. The van der Waals surface area contributed by atoms with Crippen LogP contribution in [0.4, 0.5) is 0 Å². The molecule has 0 aliphatic carbocycles. The first-order valence-corrected chi connectivity index (χ1v) is 12.2. The molecule has 0 radical (unpaired) electrons. The lowest BCUT2D eigenvalue weighted by molar-refractivity contribution is -0.139. The van der Waals surface area contributed by atoms with Crippen molar-refractivity contribution in [1.82, 2.24) is 5.32 Å². The van der Waals surface area contributed by atoms with E-state index in [1.165, 1.54) is 0 Å². The lowest BCUT2D eigenvalue weighted by Crippen LogP contribution is -2.42. The minimum absolute atomic E-state index is 0.0487. The van der Waals surface area contributed by atoms with Gasteiger partial charge in [0.1, 0.15) is 17.5 Å². The van der Waals surface area contributed by atoms with Crippen LogP contribution < -0.4 is 14.8 Å². The average Bonchev–Trinajstić information content (AvgIpc) is 2.87. The lowest BCUT2D eigenvalue weighted by atomic mass is 9.86. The van der Waals surface area contributed by atoms with Gasteiger partial charge in [0, 0.05) is 12.0 Å². The van der Waals surface area contributed by atoms with Gasteiger partial charge in [-0.1, -0.05) is 52.0 Å². The van der Waals surface area contributed by atoms with Crippen molar-refractivity contribution in [3.63, 3.8) is 0 Å². The average molecular weight is 504 g/mol. The fourth-order valence-corrected chi connectivity index (χ4v) is 3.57. The summed E-state index contributed by atoms with van der Waals surface area (Å²) in [5.74, 6) is -1.09. The lowest BCUT2D eigenvalue weighted by Gasteiger charge is -2.19. The Labute approximate surface area is 217 Å². The van der Waals surface area contributed by atoms with E-state index in [0.29, 0.717) is 34.8 Å². The molecule has 1 amide bonds. The van der Waals surface area contributed by atoms with E-state index in [-0.39, 0.29) is 11.8 Å². The molecule has 3 rings (SSSR count). The molecule has 0 aliphatic rings. The third kappa shape index (κ3) is 7.93. The molecule has 1 unspecified atom stereocenters.